The SMILES string of the molecule is CCOCC1(O)CCN(C(c2ccc(C(F)(F)F)cc2CO[Si](C(C)C)(C(C)C)C(C)C)C(C)C)CC1. The number of piperidine rings is 1. The van der Waals surface area contributed by atoms with Crippen LogP contribution in [-0.2, 0) is 21.9 Å². The fraction of sp³-hybridized carbons (Fsp3) is 0.793. The number of ether oxygens (including phenoxy) is 1. The van der Waals surface area contributed by atoms with Gasteiger partial charge in [-0.05, 0) is 65.6 Å². The Hall–Kier alpha value is -0.933. The highest BCUT2D eigenvalue weighted by Gasteiger charge is 2.45. The smallest absolute Gasteiger partial charge is 0.412 e. The van der Waals surface area contributed by atoms with Crippen molar-refractivity contribution in [3.63, 3.8) is 0 Å². The molecule has 1 aromatic carbocycles. The minimum atomic E-state index is -4.41. The first-order valence-corrected chi connectivity index (χ1v) is 16.1. The quantitative estimate of drug-likeness (QED) is 0.271. The molecule has 37 heavy (non-hydrogen) atoms. The van der Waals surface area contributed by atoms with Crippen molar-refractivity contribution in [2.45, 2.75) is 116 Å². The average Bonchev–Trinajstić information content (AvgIpc) is 2.79. The zero-order valence-electron chi connectivity index (χ0n) is 24.4. The summed E-state index contributed by atoms with van der Waals surface area (Å²) in [7, 11) is -2.27. The highest BCUT2D eigenvalue weighted by atomic mass is 28.4. The van der Waals surface area contributed by atoms with Crippen LogP contribution in [0.15, 0.2) is 18.2 Å². The lowest BCUT2D eigenvalue weighted by molar-refractivity contribution is -0.137. The highest BCUT2D eigenvalue weighted by Crippen LogP contribution is 2.44. The summed E-state index contributed by atoms with van der Waals surface area (Å²) >= 11 is 0. The van der Waals surface area contributed by atoms with E-state index in [1.807, 2.05) is 6.92 Å². The van der Waals surface area contributed by atoms with Crippen LogP contribution in [0.2, 0.25) is 16.6 Å². The molecule has 1 aliphatic rings. The minimum Gasteiger partial charge on any atom is -0.412 e. The first kappa shape index (κ1) is 32.3. The summed E-state index contributed by atoms with van der Waals surface area (Å²) in [6.45, 7) is 21.7. The van der Waals surface area contributed by atoms with Gasteiger partial charge in [0.15, 0.2) is 0 Å². The van der Waals surface area contributed by atoms with Crippen LogP contribution in [0.3, 0.4) is 0 Å². The van der Waals surface area contributed by atoms with Crippen LogP contribution >= 0.6 is 0 Å². The summed E-state index contributed by atoms with van der Waals surface area (Å²) in [5.74, 6) is 0.177. The summed E-state index contributed by atoms with van der Waals surface area (Å²) in [6.07, 6.45) is -3.26. The lowest BCUT2D eigenvalue weighted by Gasteiger charge is -2.44. The Morgan fingerprint density at radius 1 is 0.973 bits per heavy atom. The molecule has 1 aliphatic heterocycles. The van der Waals surface area contributed by atoms with Crippen molar-refractivity contribution in [2.75, 3.05) is 26.3 Å². The highest BCUT2D eigenvalue weighted by molar-refractivity contribution is 6.77. The lowest BCUT2D eigenvalue weighted by atomic mass is 9.85. The Morgan fingerprint density at radius 2 is 1.51 bits per heavy atom. The second-order valence-electron chi connectivity index (χ2n) is 12.1. The molecule has 1 aromatic rings. The number of aliphatic hydroxyl groups is 1. The van der Waals surface area contributed by atoms with Crippen LogP contribution in [0.4, 0.5) is 13.2 Å². The largest absolute Gasteiger partial charge is 0.416 e. The van der Waals surface area contributed by atoms with Gasteiger partial charge in [0, 0.05) is 25.7 Å². The van der Waals surface area contributed by atoms with Crippen molar-refractivity contribution >= 4 is 8.32 Å². The number of hydrogen-bond acceptors (Lipinski definition) is 4. The number of halogens is 3. The Kier molecular flexibility index (Phi) is 11.3. The van der Waals surface area contributed by atoms with Crippen LogP contribution in [0.1, 0.15) is 97.9 Å². The molecule has 0 saturated carbocycles. The first-order chi connectivity index (χ1) is 17.1. The predicted octanol–water partition coefficient (Wildman–Crippen LogP) is 7.96. The third kappa shape index (κ3) is 7.59. The molecule has 0 aromatic heterocycles. The monoisotopic (exact) mass is 545 g/mol. The van der Waals surface area contributed by atoms with E-state index in [4.69, 9.17) is 9.16 Å². The third-order valence-electron chi connectivity index (χ3n) is 8.30. The first-order valence-electron chi connectivity index (χ1n) is 14.0. The van der Waals surface area contributed by atoms with Gasteiger partial charge in [0.1, 0.15) is 0 Å². The molecule has 1 N–H and O–H groups in total. The maximum Gasteiger partial charge on any atom is 0.416 e. The van der Waals surface area contributed by atoms with E-state index in [2.05, 4.69) is 60.3 Å². The van der Waals surface area contributed by atoms with Crippen molar-refractivity contribution in [1.82, 2.24) is 4.90 Å². The van der Waals surface area contributed by atoms with E-state index in [1.54, 1.807) is 6.07 Å². The third-order valence-corrected chi connectivity index (χ3v) is 14.4. The molecule has 2 rings (SSSR count). The summed E-state index contributed by atoms with van der Waals surface area (Å²) in [6, 6.07) is 4.11. The summed E-state index contributed by atoms with van der Waals surface area (Å²) in [4.78, 5) is 2.31. The molecule has 0 bridgehead atoms. The molecule has 0 radical (unpaired) electrons. The predicted molar refractivity (Wildman–Crippen MR) is 147 cm³/mol. The van der Waals surface area contributed by atoms with Gasteiger partial charge in [-0.25, -0.2) is 0 Å². The fourth-order valence-electron chi connectivity index (χ4n) is 6.53. The van der Waals surface area contributed by atoms with Crippen molar-refractivity contribution in [1.29, 1.82) is 0 Å². The number of rotatable bonds is 12. The summed E-state index contributed by atoms with van der Waals surface area (Å²) < 4.78 is 53.6. The van der Waals surface area contributed by atoms with Crippen molar-refractivity contribution in [3.8, 4) is 0 Å². The lowest BCUT2D eigenvalue weighted by Crippen LogP contribution is -2.49. The minimum absolute atomic E-state index is 0.0641. The Labute approximate surface area is 224 Å². The van der Waals surface area contributed by atoms with Gasteiger partial charge >= 0.3 is 6.18 Å². The van der Waals surface area contributed by atoms with E-state index in [0.29, 0.717) is 61.3 Å². The van der Waals surface area contributed by atoms with Crippen molar-refractivity contribution in [3.05, 3.63) is 34.9 Å². The second kappa shape index (κ2) is 12.9. The number of alkyl halides is 3. The second-order valence-corrected chi connectivity index (χ2v) is 17.6. The molecule has 4 nitrogen and oxygen atoms in total. The molecule has 1 fully saturated rings. The zero-order chi connectivity index (χ0) is 28.2. The molecule has 8 heteroatoms. The molecule has 1 atom stereocenters. The summed E-state index contributed by atoms with van der Waals surface area (Å²) in [5.41, 5.74) is 1.07. The Morgan fingerprint density at radius 3 is 1.95 bits per heavy atom. The molecule has 0 spiro atoms. The molecule has 214 valence electrons. The molecular weight excluding hydrogens is 495 g/mol. The number of hydrogen-bond donors (Lipinski definition) is 1. The van der Waals surface area contributed by atoms with Crippen LogP contribution in [0.5, 0.6) is 0 Å². The molecule has 0 amide bonds. The van der Waals surface area contributed by atoms with Gasteiger partial charge in [-0.2, -0.15) is 13.2 Å². The van der Waals surface area contributed by atoms with E-state index in [-0.39, 0.29) is 18.6 Å². The van der Waals surface area contributed by atoms with E-state index in [9.17, 15) is 18.3 Å². The van der Waals surface area contributed by atoms with Crippen LogP contribution < -0.4 is 0 Å². The zero-order valence-corrected chi connectivity index (χ0v) is 25.4. The van der Waals surface area contributed by atoms with Gasteiger partial charge in [-0.3, -0.25) is 4.90 Å². The maximum absolute atomic E-state index is 13.8. The van der Waals surface area contributed by atoms with Gasteiger partial charge in [-0.15, -0.1) is 0 Å². The topological polar surface area (TPSA) is 41.9 Å². The Balaban J connectivity index is 2.46. The van der Waals surface area contributed by atoms with E-state index in [1.165, 1.54) is 12.1 Å². The van der Waals surface area contributed by atoms with Crippen LogP contribution in [0.25, 0.3) is 0 Å². The standard InChI is InChI=1S/C29H50F3NO3Si/c1-10-35-19-28(34)13-15-33(16-14-28)27(20(2)3)26-12-11-25(29(30,31)32)17-24(26)18-36-37(21(4)5,22(6)7)23(8)9/h11-12,17,20-23,27,34H,10,13-16,18-19H2,1-9H3. The molecular formula is C29H50F3NO3Si. The van der Waals surface area contributed by atoms with Crippen molar-refractivity contribution in [2.24, 2.45) is 5.92 Å². The van der Waals surface area contributed by atoms with Gasteiger partial charge < -0.3 is 14.3 Å². The van der Waals surface area contributed by atoms with Crippen LogP contribution in [0, 0.1) is 5.92 Å². The molecule has 1 heterocycles. The van der Waals surface area contributed by atoms with Gasteiger partial charge in [0.05, 0.1) is 24.4 Å². The van der Waals surface area contributed by atoms with Gasteiger partial charge in [0.2, 0.25) is 8.32 Å². The van der Waals surface area contributed by atoms with E-state index >= 15 is 0 Å². The van der Waals surface area contributed by atoms with Crippen LogP contribution in [-0.4, -0.2) is 50.2 Å². The van der Waals surface area contributed by atoms with Gasteiger partial charge in [0.25, 0.3) is 0 Å². The van der Waals surface area contributed by atoms with Gasteiger partial charge in [-0.1, -0.05) is 61.5 Å². The number of benzene rings is 1. The Bertz CT molecular complexity index is 828. The number of nitrogens with zero attached hydrogens (tertiary/aromatic N) is 1. The summed E-state index contributed by atoms with van der Waals surface area (Å²) in [5, 5.41) is 10.9. The molecule has 0 aliphatic carbocycles. The fourth-order valence-corrected chi connectivity index (χ4v) is 11.9. The number of likely N-dealkylation sites (tertiary alicyclic amines) is 1. The average molecular weight is 546 g/mol. The van der Waals surface area contributed by atoms with E-state index in [0.717, 1.165) is 5.56 Å². The molecule has 1 unspecified atom stereocenters. The maximum atomic E-state index is 13.8. The normalized spacial score (nSPS) is 18.4. The van der Waals surface area contributed by atoms with Crippen molar-refractivity contribution < 1.29 is 27.4 Å². The molecule has 1 saturated heterocycles. The van der Waals surface area contributed by atoms with E-state index < -0.39 is 25.7 Å².